The zero-order chi connectivity index (χ0) is 22.0. The van der Waals surface area contributed by atoms with Gasteiger partial charge in [0.2, 0.25) is 5.78 Å². The predicted molar refractivity (Wildman–Crippen MR) is 116 cm³/mol. The highest BCUT2D eigenvalue weighted by molar-refractivity contribution is 6.08. The van der Waals surface area contributed by atoms with Crippen LogP contribution >= 0.6 is 0 Å². The van der Waals surface area contributed by atoms with Crippen molar-refractivity contribution in [2.24, 2.45) is 0 Å². The van der Waals surface area contributed by atoms with Gasteiger partial charge < -0.3 is 4.98 Å². The van der Waals surface area contributed by atoms with Crippen molar-refractivity contribution < 1.29 is 9.59 Å². The van der Waals surface area contributed by atoms with E-state index < -0.39 is 23.6 Å². The highest BCUT2D eigenvalue weighted by atomic mass is 16.2. The standard InChI is InChI=1S/C24H24N2O4/c1-14(2)20-21(22(28)18-11-15(3)10-16(4)12-18)25-24(30)26(23(20)29)13-19(27)17-8-6-5-7-9-17/h5-12,14H,13H2,1-4H3,(H,25,30). The van der Waals surface area contributed by atoms with Gasteiger partial charge in [-0.05, 0) is 31.9 Å². The minimum Gasteiger partial charge on any atom is -0.303 e. The van der Waals surface area contributed by atoms with Gasteiger partial charge in [-0.3, -0.25) is 19.0 Å². The summed E-state index contributed by atoms with van der Waals surface area (Å²) in [5.41, 5.74) is 1.41. The predicted octanol–water partition coefficient (Wildman–Crippen LogP) is 3.39. The molecule has 0 spiro atoms. The van der Waals surface area contributed by atoms with Gasteiger partial charge in [0.1, 0.15) is 0 Å². The van der Waals surface area contributed by atoms with E-state index in [0.717, 1.165) is 15.7 Å². The molecule has 0 radical (unpaired) electrons. The molecule has 6 nitrogen and oxygen atoms in total. The maximum Gasteiger partial charge on any atom is 0.329 e. The van der Waals surface area contributed by atoms with Gasteiger partial charge in [0.15, 0.2) is 5.78 Å². The van der Waals surface area contributed by atoms with Crippen LogP contribution in [-0.2, 0) is 6.54 Å². The smallest absolute Gasteiger partial charge is 0.303 e. The summed E-state index contributed by atoms with van der Waals surface area (Å²) in [6.07, 6.45) is 0. The van der Waals surface area contributed by atoms with Crippen molar-refractivity contribution in [2.45, 2.75) is 40.2 Å². The van der Waals surface area contributed by atoms with E-state index in [1.807, 2.05) is 19.9 Å². The lowest BCUT2D eigenvalue weighted by molar-refractivity contribution is 0.0969. The number of aromatic nitrogens is 2. The second kappa shape index (κ2) is 8.45. The zero-order valence-corrected chi connectivity index (χ0v) is 17.5. The Labute approximate surface area is 174 Å². The number of carbonyl (C=O) groups excluding carboxylic acids is 2. The van der Waals surface area contributed by atoms with Gasteiger partial charge >= 0.3 is 5.69 Å². The monoisotopic (exact) mass is 404 g/mol. The third-order valence-corrected chi connectivity index (χ3v) is 4.91. The Hall–Kier alpha value is -3.54. The Morgan fingerprint density at radius 3 is 2.10 bits per heavy atom. The van der Waals surface area contributed by atoms with Crippen molar-refractivity contribution in [3.63, 3.8) is 0 Å². The first-order chi connectivity index (χ1) is 14.2. The summed E-state index contributed by atoms with van der Waals surface area (Å²) in [6, 6.07) is 13.9. The molecule has 1 aromatic heterocycles. The van der Waals surface area contributed by atoms with E-state index in [4.69, 9.17) is 0 Å². The van der Waals surface area contributed by atoms with Crippen molar-refractivity contribution >= 4 is 11.6 Å². The molecular formula is C24H24N2O4. The Morgan fingerprint density at radius 2 is 1.53 bits per heavy atom. The van der Waals surface area contributed by atoms with Crippen LogP contribution in [-0.4, -0.2) is 21.1 Å². The van der Waals surface area contributed by atoms with Crippen molar-refractivity contribution in [3.05, 3.63) is 103 Å². The molecule has 0 amide bonds. The summed E-state index contributed by atoms with van der Waals surface area (Å²) in [7, 11) is 0. The maximum absolute atomic E-state index is 13.2. The first kappa shape index (κ1) is 21.2. The highest BCUT2D eigenvalue weighted by Gasteiger charge is 2.24. The average Bonchev–Trinajstić information content (AvgIpc) is 2.69. The molecule has 3 aromatic rings. The van der Waals surface area contributed by atoms with Crippen LogP contribution in [0, 0.1) is 13.8 Å². The van der Waals surface area contributed by atoms with Crippen LogP contribution in [0.5, 0.6) is 0 Å². The quantitative estimate of drug-likeness (QED) is 0.638. The molecule has 3 rings (SSSR count). The molecule has 0 saturated heterocycles. The van der Waals surface area contributed by atoms with Gasteiger partial charge in [0.25, 0.3) is 5.56 Å². The number of nitrogens with zero attached hydrogens (tertiary/aromatic N) is 1. The molecule has 0 aliphatic rings. The van der Waals surface area contributed by atoms with Crippen LogP contribution in [0.2, 0.25) is 0 Å². The number of Topliss-reactive ketones (excluding diaryl/α,β-unsaturated/α-hetero) is 1. The summed E-state index contributed by atoms with van der Waals surface area (Å²) >= 11 is 0. The van der Waals surface area contributed by atoms with E-state index in [0.29, 0.717) is 11.1 Å². The number of carbonyl (C=O) groups is 2. The normalized spacial score (nSPS) is 11.0. The van der Waals surface area contributed by atoms with Gasteiger partial charge in [-0.2, -0.15) is 0 Å². The van der Waals surface area contributed by atoms with Gasteiger partial charge in [0.05, 0.1) is 12.2 Å². The van der Waals surface area contributed by atoms with Crippen molar-refractivity contribution in [2.75, 3.05) is 0 Å². The minimum atomic E-state index is -0.776. The van der Waals surface area contributed by atoms with Crippen molar-refractivity contribution in [3.8, 4) is 0 Å². The molecule has 2 aromatic carbocycles. The van der Waals surface area contributed by atoms with Crippen LogP contribution in [0.25, 0.3) is 0 Å². The summed E-state index contributed by atoms with van der Waals surface area (Å²) in [5, 5.41) is 0. The number of aryl methyl sites for hydroxylation is 2. The number of ketones is 2. The Kier molecular flexibility index (Phi) is 5.96. The van der Waals surface area contributed by atoms with Crippen molar-refractivity contribution in [1.82, 2.24) is 9.55 Å². The first-order valence-electron chi connectivity index (χ1n) is 9.77. The highest BCUT2D eigenvalue weighted by Crippen LogP contribution is 2.18. The van der Waals surface area contributed by atoms with Gasteiger partial charge in [-0.25, -0.2) is 4.79 Å². The maximum atomic E-state index is 13.2. The lowest BCUT2D eigenvalue weighted by Crippen LogP contribution is -2.41. The number of rotatable bonds is 6. The molecule has 1 N–H and O–H groups in total. The first-order valence-corrected chi connectivity index (χ1v) is 9.77. The zero-order valence-electron chi connectivity index (χ0n) is 17.5. The molecule has 0 unspecified atom stereocenters. The molecule has 6 heteroatoms. The molecule has 0 atom stereocenters. The fourth-order valence-electron chi connectivity index (χ4n) is 3.55. The van der Waals surface area contributed by atoms with E-state index >= 15 is 0 Å². The molecule has 0 saturated carbocycles. The van der Waals surface area contributed by atoms with E-state index in [1.54, 1.807) is 56.3 Å². The molecule has 30 heavy (non-hydrogen) atoms. The minimum absolute atomic E-state index is 0.0200. The third-order valence-electron chi connectivity index (χ3n) is 4.91. The van der Waals surface area contributed by atoms with Gasteiger partial charge in [0, 0.05) is 16.7 Å². The molecule has 0 aliphatic carbocycles. The van der Waals surface area contributed by atoms with Crippen LogP contribution in [0.1, 0.15) is 62.9 Å². The lowest BCUT2D eigenvalue weighted by atomic mass is 9.95. The fourth-order valence-corrected chi connectivity index (χ4v) is 3.55. The second-order valence-corrected chi connectivity index (χ2v) is 7.76. The van der Waals surface area contributed by atoms with Gasteiger partial charge in [-0.15, -0.1) is 0 Å². The van der Waals surface area contributed by atoms with Gasteiger partial charge in [-0.1, -0.05) is 61.4 Å². The molecule has 0 fully saturated rings. The number of aromatic amines is 1. The largest absolute Gasteiger partial charge is 0.329 e. The SMILES string of the molecule is Cc1cc(C)cc(C(=O)c2[nH]c(=O)n(CC(=O)c3ccccc3)c(=O)c2C(C)C)c1. The van der Waals surface area contributed by atoms with E-state index in [-0.39, 0.29) is 23.0 Å². The topological polar surface area (TPSA) is 89.0 Å². The van der Waals surface area contributed by atoms with Crippen molar-refractivity contribution in [1.29, 1.82) is 0 Å². The molecule has 1 heterocycles. The summed E-state index contributed by atoms with van der Waals surface area (Å²) in [6.45, 7) is 6.91. The summed E-state index contributed by atoms with van der Waals surface area (Å²) in [5.74, 6) is -1.09. The van der Waals surface area contributed by atoms with Crippen LogP contribution < -0.4 is 11.2 Å². The molecule has 0 bridgehead atoms. The lowest BCUT2D eigenvalue weighted by Gasteiger charge is -2.14. The van der Waals surface area contributed by atoms with Crippen LogP contribution in [0.4, 0.5) is 0 Å². The number of H-pyrrole nitrogens is 1. The average molecular weight is 404 g/mol. The second-order valence-electron chi connectivity index (χ2n) is 7.76. The number of nitrogens with one attached hydrogen (secondary N) is 1. The Morgan fingerprint density at radius 1 is 0.933 bits per heavy atom. The summed E-state index contributed by atoms with van der Waals surface area (Å²) < 4.78 is 0.864. The van der Waals surface area contributed by atoms with Crippen LogP contribution in [0.3, 0.4) is 0 Å². The Balaban J connectivity index is 2.11. The number of benzene rings is 2. The molecular weight excluding hydrogens is 380 g/mol. The van der Waals surface area contributed by atoms with E-state index in [1.165, 1.54) is 0 Å². The fraction of sp³-hybridized carbons (Fsp3) is 0.250. The Bertz CT molecular complexity index is 1210. The number of hydrogen-bond acceptors (Lipinski definition) is 4. The van der Waals surface area contributed by atoms with E-state index in [9.17, 15) is 19.2 Å². The third kappa shape index (κ3) is 4.22. The number of hydrogen-bond donors (Lipinski definition) is 1. The molecule has 154 valence electrons. The van der Waals surface area contributed by atoms with E-state index in [2.05, 4.69) is 4.98 Å². The summed E-state index contributed by atoms with van der Waals surface area (Å²) in [4.78, 5) is 54.1. The van der Waals surface area contributed by atoms with Crippen LogP contribution in [0.15, 0.2) is 58.1 Å². The molecule has 0 aliphatic heterocycles.